The van der Waals surface area contributed by atoms with E-state index in [1.807, 2.05) is 18.0 Å². The van der Waals surface area contributed by atoms with Crippen LogP contribution in [0.4, 0.5) is 0 Å². The zero-order chi connectivity index (χ0) is 9.52. The fourth-order valence-electron chi connectivity index (χ4n) is 0.917. The molecule has 0 bridgehead atoms. The molecule has 72 valence electrons. The molecule has 1 heterocycles. The third-order valence-corrected chi connectivity index (χ3v) is 2.99. The molecule has 0 aliphatic heterocycles. The number of nitrogens with zero attached hydrogens (tertiary/aromatic N) is 1. The van der Waals surface area contributed by atoms with Crippen molar-refractivity contribution >= 4 is 23.4 Å². The lowest BCUT2D eigenvalue weighted by atomic mass is 10.3. The summed E-state index contributed by atoms with van der Waals surface area (Å²) >= 11 is 7.46. The van der Waals surface area contributed by atoms with Crippen LogP contribution in [0, 0.1) is 6.92 Å². The summed E-state index contributed by atoms with van der Waals surface area (Å²) in [6.07, 6.45) is 3.00. The van der Waals surface area contributed by atoms with Crippen molar-refractivity contribution in [2.75, 3.05) is 11.6 Å². The molecule has 0 unspecified atom stereocenters. The number of hydrogen-bond acceptors (Lipinski definition) is 2. The molecule has 0 aliphatic rings. The van der Waals surface area contributed by atoms with E-state index < -0.39 is 0 Å². The summed E-state index contributed by atoms with van der Waals surface area (Å²) in [5, 5.41) is 0. The monoisotopic (exact) mass is 215 g/mol. The molecule has 1 aromatic rings. The van der Waals surface area contributed by atoms with Crippen LogP contribution in [-0.2, 0) is 5.75 Å². The van der Waals surface area contributed by atoms with Gasteiger partial charge in [0.1, 0.15) is 0 Å². The largest absolute Gasteiger partial charge is 0.260 e. The summed E-state index contributed by atoms with van der Waals surface area (Å²) in [7, 11) is 0. The number of hydrogen-bond donors (Lipinski definition) is 0. The van der Waals surface area contributed by atoms with Gasteiger partial charge in [-0.2, -0.15) is 11.8 Å². The Bertz CT molecular complexity index is 235. The maximum Gasteiger partial charge on any atom is 0.0502 e. The number of pyridine rings is 1. The van der Waals surface area contributed by atoms with Gasteiger partial charge in [0.25, 0.3) is 0 Å². The van der Waals surface area contributed by atoms with Crippen LogP contribution in [0.2, 0.25) is 0 Å². The van der Waals surface area contributed by atoms with Crippen LogP contribution in [0.25, 0.3) is 0 Å². The van der Waals surface area contributed by atoms with Gasteiger partial charge in [0.15, 0.2) is 0 Å². The van der Waals surface area contributed by atoms with Crippen LogP contribution in [0.3, 0.4) is 0 Å². The molecular weight excluding hydrogens is 202 g/mol. The summed E-state index contributed by atoms with van der Waals surface area (Å²) in [5.74, 6) is 2.88. The lowest BCUT2D eigenvalue weighted by Gasteiger charge is -2.00. The molecule has 1 aromatic heterocycles. The van der Waals surface area contributed by atoms with E-state index in [-0.39, 0.29) is 0 Å². The smallest absolute Gasteiger partial charge is 0.0502 e. The second-order valence-corrected chi connectivity index (χ2v) is 4.41. The Morgan fingerprint density at radius 2 is 2.31 bits per heavy atom. The molecular formula is C10H14ClNS. The normalized spacial score (nSPS) is 10.3. The highest BCUT2D eigenvalue weighted by Gasteiger charge is 1.94. The molecule has 3 heteroatoms. The minimum absolute atomic E-state index is 0.758. The number of aryl methyl sites for hydroxylation is 1. The highest BCUT2D eigenvalue weighted by molar-refractivity contribution is 7.98. The van der Waals surface area contributed by atoms with Crippen molar-refractivity contribution in [1.29, 1.82) is 0 Å². The summed E-state index contributed by atoms with van der Waals surface area (Å²) in [5.41, 5.74) is 2.37. The first kappa shape index (κ1) is 10.9. The van der Waals surface area contributed by atoms with Crippen molar-refractivity contribution in [1.82, 2.24) is 4.98 Å². The Hall–Kier alpha value is -0.210. The molecule has 0 saturated carbocycles. The molecule has 0 radical (unpaired) electrons. The average Bonchev–Trinajstić information content (AvgIpc) is 2.15. The van der Waals surface area contributed by atoms with E-state index >= 15 is 0 Å². The first-order chi connectivity index (χ1) is 6.33. The van der Waals surface area contributed by atoms with E-state index in [9.17, 15) is 0 Å². The van der Waals surface area contributed by atoms with Crippen LogP contribution >= 0.6 is 23.4 Å². The highest BCUT2D eigenvalue weighted by Crippen LogP contribution is 2.11. The van der Waals surface area contributed by atoms with Gasteiger partial charge in [0.2, 0.25) is 0 Å². The van der Waals surface area contributed by atoms with Gasteiger partial charge in [-0.3, -0.25) is 4.98 Å². The third kappa shape index (κ3) is 4.53. The van der Waals surface area contributed by atoms with Crippen LogP contribution in [0.15, 0.2) is 18.3 Å². The molecule has 0 fully saturated rings. The van der Waals surface area contributed by atoms with Crippen LogP contribution < -0.4 is 0 Å². The molecule has 1 nitrogen and oxygen atoms in total. The first-order valence-corrected chi connectivity index (χ1v) is 6.07. The molecule has 0 N–H and O–H groups in total. The van der Waals surface area contributed by atoms with Gasteiger partial charge in [-0.15, -0.1) is 11.6 Å². The number of halogens is 1. The van der Waals surface area contributed by atoms with Crippen molar-refractivity contribution in [3.05, 3.63) is 29.6 Å². The quantitative estimate of drug-likeness (QED) is 0.553. The second-order valence-electron chi connectivity index (χ2n) is 2.92. The van der Waals surface area contributed by atoms with Crippen LogP contribution in [0.5, 0.6) is 0 Å². The minimum atomic E-state index is 0.758. The van der Waals surface area contributed by atoms with Gasteiger partial charge < -0.3 is 0 Å². The Kier molecular flexibility index (Phi) is 5.25. The van der Waals surface area contributed by atoms with Crippen molar-refractivity contribution < 1.29 is 0 Å². The zero-order valence-electron chi connectivity index (χ0n) is 7.79. The van der Waals surface area contributed by atoms with Gasteiger partial charge in [0.05, 0.1) is 5.69 Å². The van der Waals surface area contributed by atoms with E-state index in [4.69, 9.17) is 11.6 Å². The molecule has 0 aromatic carbocycles. The lowest BCUT2D eigenvalue weighted by molar-refractivity contribution is 1.10. The maximum atomic E-state index is 5.58. The van der Waals surface area contributed by atoms with E-state index in [2.05, 4.69) is 24.0 Å². The number of thioether (sulfide) groups is 1. The van der Waals surface area contributed by atoms with Crippen molar-refractivity contribution in [2.24, 2.45) is 0 Å². The lowest BCUT2D eigenvalue weighted by Crippen LogP contribution is -1.88. The summed E-state index contributed by atoms with van der Waals surface area (Å²) < 4.78 is 0. The topological polar surface area (TPSA) is 12.9 Å². The van der Waals surface area contributed by atoms with Gasteiger partial charge >= 0.3 is 0 Å². The Balaban J connectivity index is 2.25. The predicted octanol–water partition coefficient (Wildman–Crippen LogP) is 3.25. The Labute approximate surface area is 88.9 Å². The van der Waals surface area contributed by atoms with E-state index in [1.54, 1.807) is 0 Å². The summed E-state index contributed by atoms with van der Waals surface area (Å²) in [6, 6.07) is 4.19. The van der Waals surface area contributed by atoms with Gasteiger partial charge in [-0.05, 0) is 30.7 Å². The number of aromatic nitrogens is 1. The predicted molar refractivity (Wildman–Crippen MR) is 60.5 cm³/mol. The number of alkyl halides is 1. The second kappa shape index (κ2) is 6.28. The zero-order valence-corrected chi connectivity index (χ0v) is 9.37. The minimum Gasteiger partial charge on any atom is -0.260 e. The van der Waals surface area contributed by atoms with Crippen LogP contribution in [0.1, 0.15) is 17.7 Å². The third-order valence-electron chi connectivity index (χ3n) is 1.64. The summed E-state index contributed by atoms with van der Waals surface area (Å²) in [4.78, 5) is 4.32. The molecule has 0 aliphatic carbocycles. The SMILES string of the molecule is Cc1ccc(CSCCCCl)nc1. The standard InChI is InChI=1S/C10H14ClNS/c1-9-3-4-10(12-7-9)8-13-6-2-5-11/h3-4,7H,2,5-6,8H2,1H3. The molecule has 0 amide bonds. The molecule has 13 heavy (non-hydrogen) atoms. The van der Waals surface area contributed by atoms with Crippen molar-refractivity contribution in [3.8, 4) is 0 Å². The molecule has 0 saturated heterocycles. The fraction of sp³-hybridized carbons (Fsp3) is 0.500. The van der Waals surface area contributed by atoms with Crippen molar-refractivity contribution in [2.45, 2.75) is 19.1 Å². The average molecular weight is 216 g/mol. The molecule has 0 spiro atoms. The first-order valence-electron chi connectivity index (χ1n) is 4.38. The number of rotatable bonds is 5. The van der Waals surface area contributed by atoms with E-state index in [0.717, 1.165) is 29.5 Å². The Morgan fingerprint density at radius 1 is 1.46 bits per heavy atom. The van der Waals surface area contributed by atoms with Crippen molar-refractivity contribution in [3.63, 3.8) is 0 Å². The van der Waals surface area contributed by atoms with Gasteiger partial charge in [0, 0.05) is 17.8 Å². The fourth-order valence-corrected chi connectivity index (χ4v) is 2.08. The van der Waals surface area contributed by atoms with E-state index in [1.165, 1.54) is 5.56 Å². The molecule has 1 rings (SSSR count). The summed E-state index contributed by atoms with van der Waals surface area (Å²) in [6.45, 7) is 2.05. The highest BCUT2D eigenvalue weighted by atomic mass is 35.5. The van der Waals surface area contributed by atoms with Crippen LogP contribution in [-0.4, -0.2) is 16.6 Å². The van der Waals surface area contributed by atoms with Gasteiger partial charge in [-0.25, -0.2) is 0 Å². The molecule has 0 atom stereocenters. The Morgan fingerprint density at radius 3 is 2.92 bits per heavy atom. The van der Waals surface area contributed by atoms with Gasteiger partial charge in [-0.1, -0.05) is 6.07 Å². The maximum absolute atomic E-state index is 5.58. The van der Waals surface area contributed by atoms with E-state index in [0.29, 0.717) is 0 Å².